The topological polar surface area (TPSA) is 59.7 Å². The van der Waals surface area contributed by atoms with E-state index < -0.39 is 0 Å². The van der Waals surface area contributed by atoms with Crippen LogP contribution in [0.2, 0.25) is 5.02 Å². The maximum absolute atomic E-state index is 6.30. The predicted molar refractivity (Wildman–Crippen MR) is 123 cm³/mol. The Bertz CT molecular complexity index is 1260. The van der Waals surface area contributed by atoms with Crippen molar-refractivity contribution in [3.05, 3.63) is 64.5 Å². The highest BCUT2D eigenvalue weighted by molar-refractivity contribution is 7.13. The molecule has 0 amide bonds. The lowest BCUT2D eigenvalue weighted by molar-refractivity contribution is 0.315. The van der Waals surface area contributed by atoms with Crippen molar-refractivity contribution in [3.63, 3.8) is 0 Å². The van der Waals surface area contributed by atoms with E-state index in [-0.39, 0.29) is 0 Å². The Balaban J connectivity index is 1.30. The summed E-state index contributed by atoms with van der Waals surface area (Å²) >= 11 is 7.87. The summed E-state index contributed by atoms with van der Waals surface area (Å²) in [7, 11) is 2.12. The Morgan fingerprint density at radius 3 is 2.74 bits per heavy atom. The second-order valence-electron chi connectivity index (χ2n) is 8.72. The van der Waals surface area contributed by atoms with E-state index in [1.165, 1.54) is 21.6 Å². The second kappa shape index (κ2) is 7.65. The van der Waals surface area contributed by atoms with E-state index >= 15 is 0 Å². The van der Waals surface area contributed by atoms with Crippen LogP contribution in [0.3, 0.4) is 0 Å². The van der Waals surface area contributed by atoms with Crippen LogP contribution in [0.1, 0.15) is 60.4 Å². The molecule has 3 aromatic heterocycles. The Morgan fingerprint density at radius 2 is 1.87 bits per heavy atom. The molecule has 1 aromatic carbocycles. The van der Waals surface area contributed by atoms with E-state index in [1.54, 1.807) is 11.5 Å². The molecule has 4 aromatic rings. The fraction of sp³-hybridized carbons (Fsp3) is 0.391. The van der Waals surface area contributed by atoms with Crippen molar-refractivity contribution in [1.82, 2.24) is 29.0 Å². The van der Waals surface area contributed by atoms with Gasteiger partial charge in [-0.15, -0.1) is 10.2 Å². The lowest BCUT2D eigenvalue weighted by Crippen LogP contribution is -2.17. The number of benzene rings is 1. The highest BCUT2D eigenvalue weighted by Crippen LogP contribution is 2.42. The van der Waals surface area contributed by atoms with Crippen molar-refractivity contribution in [2.75, 3.05) is 7.05 Å². The fourth-order valence-electron chi connectivity index (χ4n) is 5.14. The van der Waals surface area contributed by atoms with Crippen LogP contribution in [-0.2, 0) is 13.1 Å². The smallest absolute Gasteiger partial charge is 0.151 e. The molecule has 4 heterocycles. The molecule has 0 N–H and O–H groups in total. The molecule has 1 saturated carbocycles. The zero-order chi connectivity index (χ0) is 20.9. The Morgan fingerprint density at radius 1 is 1.03 bits per heavy atom. The average molecular weight is 451 g/mol. The van der Waals surface area contributed by atoms with Gasteiger partial charge >= 0.3 is 0 Å². The van der Waals surface area contributed by atoms with Crippen LogP contribution in [0.25, 0.3) is 15.9 Å². The Labute approximate surface area is 190 Å². The van der Waals surface area contributed by atoms with E-state index in [1.807, 2.05) is 18.3 Å². The SMILES string of the molecule is CN1Cc2cc(Cl)ccc2-n2c(nnc2[C@H]2CC[C@H](c3nsc4cccnc43)CC2)C1. The first-order chi connectivity index (χ1) is 15.2. The van der Waals surface area contributed by atoms with Crippen molar-refractivity contribution in [3.8, 4) is 5.69 Å². The van der Waals surface area contributed by atoms with E-state index in [4.69, 9.17) is 16.0 Å². The van der Waals surface area contributed by atoms with Gasteiger partial charge in [0, 0.05) is 29.6 Å². The summed E-state index contributed by atoms with van der Waals surface area (Å²) in [6.45, 7) is 1.64. The largest absolute Gasteiger partial charge is 0.295 e. The molecule has 0 spiro atoms. The summed E-state index contributed by atoms with van der Waals surface area (Å²) in [6, 6.07) is 10.3. The molecule has 8 heteroatoms. The molecule has 158 valence electrons. The van der Waals surface area contributed by atoms with E-state index in [0.29, 0.717) is 11.8 Å². The highest BCUT2D eigenvalue weighted by atomic mass is 35.5. The number of aromatic nitrogens is 5. The molecular formula is C23H23ClN6S. The summed E-state index contributed by atoms with van der Waals surface area (Å²) in [5, 5.41) is 10.0. The van der Waals surface area contributed by atoms with Gasteiger partial charge in [0.15, 0.2) is 5.82 Å². The summed E-state index contributed by atoms with van der Waals surface area (Å²) in [6.07, 6.45) is 6.27. The average Bonchev–Trinajstić information content (AvgIpc) is 3.35. The number of pyridine rings is 1. The molecule has 0 radical (unpaired) electrons. The molecule has 0 atom stereocenters. The molecule has 6 rings (SSSR count). The van der Waals surface area contributed by atoms with Gasteiger partial charge in [-0.3, -0.25) is 14.5 Å². The zero-order valence-electron chi connectivity index (χ0n) is 17.3. The van der Waals surface area contributed by atoms with Crippen molar-refractivity contribution >= 4 is 33.4 Å². The van der Waals surface area contributed by atoms with Crippen molar-refractivity contribution in [2.45, 2.75) is 50.6 Å². The summed E-state index contributed by atoms with van der Waals surface area (Å²) in [4.78, 5) is 6.87. The molecule has 31 heavy (non-hydrogen) atoms. The van der Waals surface area contributed by atoms with Crippen LogP contribution < -0.4 is 0 Å². The van der Waals surface area contributed by atoms with Crippen LogP contribution in [0.15, 0.2) is 36.5 Å². The maximum atomic E-state index is 6.30. The number of fused-ring (bicyclic) bond motifs is 4. The molecule has 2 aliphatic rings. The van der Waals surface area contributed by atoms with Gasteiger partial charge in [0.1, 0.15) is 11.3 Å². The van der Waals surface area contributed by atoms with Crippen molar-refractivity contribution in [1.29, 1.82) is 0 Å². The molecule has 0 unspecified atom stereocenters. The molecule has 6 nitrogen and oxygen atoms in total. The van der Waals surface area contributed by atoms with E-state index in [9.17, 15) is 0 Å². The van der Waals surface area contributed by atoms with Gasteiger partial charge in [-0.25, -0.2) is 0 Å². The van der Waals surface area contributed by atoms with Gasteiger partial charge in [-0.05, 0) is 80.2 Å². The quantitative estimate of drug-likeness (QED) is 0.414. The first-order valence-corrected chi connectivity index (χ1v) is 11.9. The summed E-state index contributed by atoms with van der Waals surface area (Å²) in [5.41, 5.74) is 4.66. The van der Waals surface area contributed by atoms with Crippen LogP contribution in [0.5, 0.6) is 0 Å². The minimum atomic E-state index is 0.405. The predicted octanol–water partition coefficient (Wildman–Crippen LogP) is 5.31. The summed E-state index contributed by atoms with van der Waals surface area (Å²) < 4.78 is 8.24. The highest BCUT2D eigenvalue weighted by Gasteiger charge is 2.32. The zero-order valence-corrected chi connectivity index (χ0v) is 18.9. The molecule has 0 bridgehead atoms. The summed E-state index contributed by atoms with van der Waals surface area (Å²) in [5.74, 6) is 2.98. The normalized spacial score (nSPS) is 21.6. The fourth-order valence-corrected chi connectivity index (χ4v) is 6.15. The minimum Gasteiger partial charge on any atom is -0.295 e. The van der Waals surface area contributed by atoms with Gasteiger partial charge in [0.05, 0.1) is 22.6 Å². The minimum absolute atomic E-state index is 0.405. The first kappa shape index (κ1) is 19.3. The van der Waals surface area contributed by atoms with Gasteiger partial charge in [0.2, 0.25) is 0 Å². The molecule has 0 saturated heterocycles. The molecular weight excluding hydrogens is 428 g/mol. The van der Waals surface area contributed by atoms with Crippen LogP contribution in [0.4, 0.5) is 0 Å². The number of nitrogens with zero attached hydrogens (tertiary/aromatic N) is 6. The van der Waals surface area contributed by atoms with Gasteiger partial charge in [-0.2, -0.15) is 4.37 Å². The standard InChI is InChI=1S/C23H23ClN6S/c1-29-12-16-11-17(24)8-9-18(16)30-20(13-29)26-27-23(30)15-6-4-14(5-7-15)21-22-19(31-28-21)3-2-10-25-22/h2-3,8-11,14-15H,4-7,12-13H2,1H3/t14-,15-. The molecule has 1 aliphatic carbocycles. The second-order valence-corrected chi connectivity index (χ2v) is 9.96. The van der Waals surface area contributed by atoms with Crippen LogP contribution in [-0.4, -0.2) is 36.1 Å². The number of hydrogen-bond acceptors (Lipinski definition) is 6. The molecule has 1 aliphatic heterocycles. The van der Waals surface area contributed by atoms with Crippen LogP contribution >= 0.6 is 23.1 Å². The number of hydrogen-bond donors (Lipinski definition) is 0. The first-order valence-electron chi connectivity index (χ1n) is 10.8. The Hall–Kier alpha value is -2.35. The third kappa shape index (κ3) is 3.35. The lowest BCUT2D eigenvalue weighted by atomic mass is 9.80. The monoisotopic (exact) mass is 450 g/mol. The maximum Gasteiger partial charge on any atom is 0.151 e. The van der Waals surface area contributed by atoms with Gasteiger partial charge in [-0.1, -0.05) is 11.6 Å². The molecule has 1 fully saturated rings. The van der Waals surface area contributed by atoms with Crippen molar-refractivity contribution < 1.29 is 0 Å². The van der Waals surface area contributed by atoms with Gasteiger partial charge in [0.25, 0.3) is 0 Å². The van der Waals surface area contributed by atoms with E-state index in [0.717, 1.165) is 61.0 Å². The lowest BCUT2D eigenvalue weighted by Gasteiger charge is -2.27. The number of halogens is 1. The third-order valence-corrected chi connectivity index (χ3v) is 7.67. The Kier molecular flexibility index (Phi) is 4.78. The third-order valence-electron chi connectivity index (χ3n) is 6.62. The van der Waals surface area contributed by atoms with Crippen LogP contribution in [0, 0.1) is 0 Å². The van der Waals surface area contributed by atoms with E-state index in [2.05, 4.69) is 49.9 Å². The van der Waals surface area contributed by atoms with Gasteiger partial charge < -0.3 is 0 Å². The number of rotatable bonds is 2. The van der Waals surface area contributed by atoms with Crippen molar-refractivity contribution in [2.24, 2.45) is 0 Å².